The van der Waals surface area contributed by atoms with Gasteiger partial charge in [-0.15, -0.1) is 0 Å². The highest BCUT2D eigenvalue weighted by atomic mass is 16.5. The second kappa shape index (κ2) is 8.04. The van der Waals surface area contributed by atoms with Gasteiger partial charge in [0.15, 0.2) is 5.78 Å². The second-order valence-corrected chi connectivity index (χ2v) is 6.33. The molecule has 2 aromatic rings. The molecule has 144 valence electrons. The Kier molecular flexibility index (Phi) is 5.54. The normalized spacial score (nSPS) is 13.6. The van der Waals surface area contributed by atoms with E-state index < -0.39 is 5.97 Å². The van der Waals surface area contributed by atoms with Crippen molar-refractivity contribution in [2.45, 2.75) is 26.4 Å². The highest BCUT2D eigenvalue weighted by Gasteiger charge is 2.30. The van der Waals surface area contributed by atoms with Crippen LogP contribution in [0.2, 0.25) is 0 Å². The van der Waals surface area contributed by atoms with E-state index in [0.717, 1.165) is 4.90 Å². The molecule has 2 aromatic carbocycles. The second-order valence-electron chi connectivity index (χ2n) is 6.33. The number of rotatable bonds is 6. The van der Waals surface area contributed by atoms with Gasteiger partial charge in [0.2, 0.25) is 11.8 Å². The molecule has 0 atom stereocenters. The minimum absolute atomic E-state index is 0.0615. The van der Waals surface area contributed by atoms with E-state index in [-0.39, 0.29) is 42.6 Å². The number of carbonyl (C=O) groups is 4. The topological polar surface area (TPSA) is 90.0 Å². The molecule has 28 heavy (non-hydrogen) atoms. The summed E-state index contributed by atoms with van der Waals surface area (Å²) in [6.07, 6.45) is 0.396. The Balaban J connectivity index is 1.70. The third kappa shape index (κ3) is 3.93. The van der Waals surface area contributed by atoms with E-state index in [9.17, 15) is 19.2 Å². The van der Waals surface area contributed by atoms with Crippen LogP contribution in [0, 0.1) is 0 Å². The minimum atomic E-state index is -0.569. The van der Waals surface area contributed by atoms with Gasteiger partial charge in [0.25, 0.3) is 0 Å². The van der Waals surface area contributed by atoms with Crippen molar-refractivity contribution in [3.05, 3.63) is 59.2 Å². The summed E-state index contributed by atoms with van der Waals surface area (Å²) in [5.74, 6) is -0.660. The number of ketones is 1. The van der Waals surface area contributed by atoms with Gasteiger partial charge in [-0.3, -0.25) is 19.3 Å². The van der Waals surface area contributed by atoms with Crippen LogP contribution in [0.5, 0.6) is 5.75 Å². The van der Waals surface area contributed by atoms with Crippen LogP contribution in [0.25, 0.3) is 0 Å². The third-order valence-electron chi connectivity index (χ3n) is 4.46. The molecule has 2 amide bonds. The molecular weight excluding hydrogens is 362 g/mol. The molecule has 0 aromatic heterocycles. The molecule has 0 spiro atoms. The first kappa shape index (κ1) is 19.3. The fourth-order valence-electron chi connectivity index (χ4n) is 2.95. The van der Waals surface area contributed by atoms with Gasteiger partial charge in [-0.2, -0.15) is 0 Å². The number of amides is 2. The van der Waals surface area contributed by atoms with Crippen LogP contribution in [0.1, 0.15) is 46.0 Å². The molecule has 1 heterocycles. The van der Waals surface area contributed by atoms with E-state index in [4.69, 9.17) is 9.47 Å². The predicted molar refractivity (Wildman–Crippen MR) is 100 cm³/mol. The van der Waals surface area contributed by atoms with Gasteiger partial charge < -0.3 is 9.47 Å². The van der Waals surface area contributed by atoms with Crippen LogP contribution in [-0.2, 0) is 20.9 Å². The van der Waals surface area contributed by atoms with Crippen molar-refractivity contribution in [1.29, 1.82) is 0 Å². The number of nitrogens with zero attached hydrogens (tertiary/aromatic N) is 1. The number of Topliss-reactive ketones (excluding diaryl/α,β-unsaturated/α-hetero) is 1. The number of imide groups is 1. The number of ether oxygens (including phenoxy) is 2. The van der Waals surface area contributed by atoms with Crippen molar-refractivity contribution in [2.24, 2.45) is 0 Å². The van der Waals surface area contributed by atoms with Crippen LogP contribution >= 0.6 is 0 Å². The molecule has 0 radical (unpaired) electrons. The fourth-order valence-corrected chi connectivity index (χ4v) is 2.95. The number of methoxy groups -OCH3 is 1. The van der Waals surface area contributed by atoms with Gasteiger partial charge in [-0.1, -0.05) is 0 Å². The number of carbonyl (C=O) groups excluding carboxylic acids is 4. The molecule has 1 saturated heterocycles. The van der Waals surface area contributed by atoms with Gasteiger partial charge in [0.1, 0.15) is 12.4 Å². The lowest BCUT2D eigenvalue weighted by molar-refractivity contribution is -0.121. The van der Waals surface area contributed by atoms with Crippen molar-refractivity contribution in [3.8, 4) is 5.75 Å². The summed E-state index contributed by atoms with van der Waals surface area (Å²) in [7, 11) is 1.49. The molecular formula is C21H19NO6. The van der Waals surface area contributed by atoms with Crippen LogP contribution < -0.4 is 9.64 Å². The molecule has 1 fully saturated rings. The number of benzene rings is 2. The largest absolute Gasteiger partial charge is 0.496 e. The Morgan fingerprint density at radius 1 is 0.964 bits per heavy atom. The van der Waals surface area contributed by atoms with Crippen molar-refractivity contribution in [3.63, 3.8) is 0 Å². The molecule has 0 bridgehead atoms. The van der Waals surface area contributed by atoms with Crippen LogP contribution in [0.15, 0.2) is 42.5 Å². The highest BCUT2D eigenvalue weighted by molar-refractivity contribution is 6.19. The third-order valence-corrected chi connectivity index (χ3v) is 4.46. The highest BCUT2D eigenvalue weighted by Crippen LogP contribution is 2.24. The molecule has 3 rings (SSSR count). The zero-order chi connectivity index (χ0) is 20.3. The summed E-state index contributed by atoms with van der Waals surface area (Å²) in [5.41, 5.74) is 1.79. The lowest BCUT2D eigenvalue weighted by atomic mass is 10.1. The maximum atomic E-state index is 12.3. The summed E-state index contributed by atoms with van der Waals surface area (Å²) in [4.78, 5) is 48.5. The van der Waals surface area contributed by atoms with E-state index in [1.54, 1.807) is 18.2 Å². The van der Waals surface area contributed by atoms with Crippen LogP contribution in [0.3, 0.4) is 0 Å². The van der Waals surface area contributed by atoms with E-state index in [1.165, 1.54) is 38.3 Å². The SMILES string of the molecule is COc1ccc(C(C)=O)cc1COC(=O)c1ccc(N2C(=O)CCC2=O)cc1. The van der Waals surface area contributed by atoms with E-state index in [0.29, 0.717) is 22.6 Å². The smallest absolute Gasteiger partial charge is 0.338 e. The first-order valence-electron chi connectivity index (χ1n) is 8.71. The number of esters is 1. The van der Waals surface area contributed by atoms with Gasteiger partial charge in [-0.25, -0.2) is 4.79 Å². The fraction of sp³-hybridized carbons (Fsp3) is 0.238. The molecule has 7 heteroatoms. The van der Waals surface area contributed by atoms with E-state index in [2.05, 4.69) is 0 Å². The molecule has 0 saturated carbocycles. The van der Waals surface area contributed by atoms with Gasteiger partial charge >= 0.3 is 5.97 Å². The Morgan fingerprint density at radius 3 is 2.14 bits per heavy atom. The van der Waals surface area contributed by atoms with Crippen molar-refractivity contribution in [2.75, 3.05) is 12.0 Å². The summed E-state index contributed by atoms with van der Waals surface area (Å²) >= 11 is 0. The Morgan fingerprint density at radius 2 is 1.57 bits per heavy atom. The molecule has 1 aliphatic heterocycles. The van der Waals surface area contributed by atoms with Crippen LogP contribution in [-0.4, -0.2) is 30.7 Å². The first-order chi connectivity index (χ1) is 13.4. The van der Waals surface area contributed by atoms with E-state index >= 15 is 0 Å². The van der Waals surface area contributed by atoms with Crippen molar-refractivity contribution in [1.82, 2.24) is 0 Å². The number of hydrogen-bond acceptors (Lipinski definition) is 6. The molecule has 0 aliphatic carbocycles. The van der Waals surface area contributed by atoms with Crippen molar-refractivity contribution >= 4 is 29.3 Å². The van der Waals surface area contributed by atoms with Gasteiger partial charge in [-0.05, 0) is 49.4 Å². The predicted octanol–water partition coefficient (Wildman–Crippen LogP) is 2.91. The molecule has 1 aliphatic rings. The quantitative estimate of drug-likeness (QED) is 0.434. The minimum Gasteiger partial charge on any atom is -0.496 e. The monoisotopic (exact) mass is 381 g/mol. The molecule has 7 nitrogen and oxygen atoms in total. The zero-order valence-electron chi connectivity index (χ0n) is 15.6. The summed E-state index contributed by atoms with van der Waals surface area (Å²) in [6, 6.07) is 11.0. The maximum Gasteiger partial charge on any atom is 0.338 e. The first-order valence-corrected chi connectivity index (χ1v) is 8.71. The average Bonchev–Trinajstić information content (AvgIpc) is 3.04. The Bertz CT molecular complexity index is 932. The number of hydrogen-bond donors (Lipinski definition) is 0. The Hall–Kier alpha value is -3.48. The van der Waals surface area contributed by atoms with Gasteiger partial charge in [0.05, 0.1) is 18.4 Å². The lowest BCUT2D eigenvalue weighted by Crippen LogP contribution is -2.28. The average molecular weight is 381 g/mol. The zero-order valence-corrected chi connectivity index (χ0v) is 15.6. The Labute approximate surface area is 161 Å². The number of anilines is 1. The van der Waals surface area contributed by atoms with E-state index in [1.807, 2.05) is 0 Å². The van der Waals surface area contributed by atoms with Crippen LogP contribution in [0.4, 0.5) is 5.69 Å². The maximum absolute atomic E-state index is 12.3. The molecule has 0 unspecified atom stereocenters. The summed E-state index contributed by atoms with van der Waals surface area (Å²) < 4.78 is 10.6. The van der Waals surface area contributed by atoms with Crippen molar-refractivity contribution < 1.29 is 28.7 Å². The molecule has 0 N–H and O–H groups in total. The summed E-state index contributed by atoms with van der Waals surface area (Å²) in [6.45, 7) is 1.39. The summed E-state index contributed by atoms with van der Waals surface area (Å²) in [5, 5.41) is 0. The standard InChI is InChI=1S/C21H19NO6/c1-13(23)15-5-8-18(27-2)16(11-15)12-28-21(26)14-3-6-17(7-4-14)22-19(24)9-10-20(22)25/h3-8,11H,9-10,12H2,1-2H3. The van der Waals surface area contributed by atoms with Gasteiger partial charge in [0, 0.05) is 24.0 Å². The lowest BCUT2D eigenvalue weighted by Gasteiger charge is -2.14.